The molecule has 1 aliphatic rings. The van der Waals surface area contributed by atoms with Crippen LogP contribution in [0.1, 0.15) is 19.8 Å². The molecule has 0 aromatic rings. The summed E-state index contributed by atoms with van der Waals surface area (Å²) >= 11 is 2.25. The first kappa shape index (κ1) is 8.30. The number of cyclic esters (lactones) is 1. The zero-order valence-corrected chi connectivity index (χ0v) is 8.13. The fraction of sp³-hybridized carbons (Fsp3) is 0.857. The molecule has 0 bridgehead atoms. The predicted molar refractivity (Wildman–Crippen MR) is 47.2 cm³/mol. The number of rotatable bonds is 1. The Kier molecular flexibility index (Phi) is 2.95. The fourth-order valence-corrected chi connectivity index (χ4v) is 1.62. The van der Waals surface area contributed by atoms with Crippen molar-refractivity contribution in [2.45, 2.75) is 25.9 Å². The van der Waals surface area contributed by atoms with Crippen LogP contribution < -0.4 is 0 Å². The molecule has 0 aliphatic carbocycles. The summed E-state index contributed by atoms with van der Waals surface area (Å²) in [6.45, 7) is 1.92. The minimum absolute atomic E-state index is 0.0204. The predicted octanol–water partition coefficient (Wildman–Crippen LogP) is 1.76. The SMILES string of the molecule is C[C@H]1CC[C@H](CI)OC1=O. The third-order valence-corrected chi connectivity index (χ3v) is 2.76. The molecule has 1 rings (SSSR count). The number of alkyl halides is 1. The normalized spacial score (nSPS) is 33.6. The van der Waals surface area contributed by atoms with Gasteiger partial charge in [0.25, 0.3) is 0 Å². The van der Waals surface area contributed by atoms with E-state index in [0.29, 0.717) is 0 Å². The van der Waals surface area contributed by atoms with Crippen molar-refractivity contribution >= 4 is 28.6 Å². The second-order valence-corrected chi connectivity index (χ2v) is 3.57. The summed E-state index contributed by atoms with van der Waals surface area (Å²) in [5.74, 6) is 0.104. The molecule has 2 nitrogen and oxygen atoms in total. The van der Waals surface area contributed by atoms with Crippen molar-refractivity contribution in [2.24, 2.45) is 5.92 Å². The van der Waals surface area contributed by atoms with Crippen LogP contribution in [0.5, 0.6) is 0 Å². The van der Waals surface area contributed by atoms with Crippen LogP contribution in [0.2, 0.25) is 0 Å². The van der Waals surface area contributed by atoms with Crippen LogP contribution in [-0.4, -0.2) is 16.5 Å². The Morgan fingerprint density at radius 3 is 2.90 bits per heavy atom. The monoisotopic (exact) mass is 254 g/mol. The topological polar surface area (TPSA) is 26.3 Å². The number of hydrogen-bond acceptors (Lipinski definition) is 2. The molecule has 2 atom stereocenters. The second-order valence-electron chi connectivity index (χ2n) is 2.69. The smallest absolute Gasteiger partial charge is 0.308 e. The molecule has 58 valence electrons. The van der Waals surface area contributed by atoms with Crippen molar-refractivity contribution in [3.05, 3.63) is 0 Å². The Labute approximate surface area is 74.5 Å². The van der Waals surface area contributed by atoms with E-state index in [2.05, 4.69) is 22.6 Å². The molecule has 1 heterocycles. The summed E-state index contributed by atoms with van der Waals surface area (Å²) in [7, 11) is 0. The standard InChI is InChI=1S/C7H11IO2/c1-5-2-3-6(4-8)10-7(5)9/h5-6H,2-4H2,1H3/t5-,6+/m0/s1. The highest BCUT2D eigenvalue weighted by Gasteiger charge is 2.25. The largest absolute Gasteiger partial charge is 0.461 e. The Bertz CT molecular complexity index is 136. The minimum Gasteiger partial charge on any atom is -0.461 e. The van der Waals surface area contributed by atoms with Crippen molar-refractivity contribution in [3.8, 4) is 0 Å². The molecular formula is C7H11IO2. The zero-order chi connectivity index (χ0) is 7.56. The van der Waals surface area contributed by atoms with E-state index in [9.17, 15) is 4.79 Å². The summed E-state index contributed by atoms with van der Waals surface area (Å²) in [6.07, 6.45) is 2.21. The third-order valence-electron chi connectivity index (χ3n) is 1.78. The number of carbonyl (C=O) groups is 1. The first-order valence-corrected chi connectivity index (χ1v) is 5.03. The molecule has 0 amide bonds. The van der Waals surface area contributed by atoms with E-state index in [1.807, 2.05) is 6.92 Å². The zero-order valence-electron chi connectivity index (χ0n) is 5.97. The lowest BCUT2D eigenvalue weighted by Gasteiger charge is -2.24. The highest BCUT2D eigenvalue weighted by molar-refractivity contribution is 14.1. The van der Waals surface area contributed by atoms with Crippen LogP contribution >= 0.6 is 22.6 Å². The molecule has 0 radical (unpaired) electrons. The van der Waals surface area contributed by atoms with Gasteiger partial charge in [0, 0.05) is 4.43 Å². The molecule has 0 unspecified atom stereocenters. The molecule has 3 heteroatoms. The maximum Gasteiger partial charge on any atom is 0.308 e. The van der Waals surface area contributed by atoms with Gasteiger partial charge in [-0.1, -0.05) is 29.5 Å². The Morgan fingerprint density at radius 2 is 2.40 bits per heavy atom. The molecule has 0 saturated carbocycles. The highest BCUT2D eigenvalue weighted by atomic mass is 127. The number of hydrogen-bond donors (Lipinski definition) is 0. The molecule has 0 aromatic carbocycles. The van der Waals surface area contributed by atoms with Gasteiger partial charge < -0.3 is 4.74 Å². The lowest BCUT2D eigenvalue weighted by molar-refractivity contribution is -0.157. The molecule has 1 saturated heterocycles. The van der Waals surface area contributed by atoms with Crippen molar-refractivity contribution in [1.82, 2.24) is 0 Å². The van der Waals surface area contributed by atoms with Gasteiger partial charge in [0.1, 0.15) is 6.10 Å². The van der Waals surface area contributed by atoms with Gasteiger partial charge in [-0.2, -0.15) is 0 Å². The summed E-state index contributed by atoms with van der Waals surface area (Å²) in [5, 5.41) is 0. The molecule has 0 aromatic heterocycles. The van der Waals surface area contributed by atoms with E-state index in [4.69, 9.17) is 4.74 Å². The fourth-order valence-electron chi connectivity index (χ4n) is 1.00. The Morgan fingerprint density at radius 1 is 1.70 bits per heavy atom. The van der Waals surface area contributed by atoms with Gasteiger partial charge >= 0.3 is 5.97 Å². The Balaban J connectivity index is 2.41. The van der Waals surface area contributed by atoms with Gasteiger partial charge in [-0.05, 0) is 12.8 Å². The van der Waals surface area contributed by atoms with Gasteiger partial charge in [-0.25, -0.2) is 0 Å². The lowest BCUT2D eigenvalue weighted by Crippen LogP contribution is -2.30. The molecular weight excluding hydrogens is 243 g/mol. The lowest BCUT2D eigenvalue weighted by atomic mass is 10.0. The quantitative estimate of drug-likeness (QED) is 0.405. The summed E-state index contributed by atoms with van der Waals surface area (Å²) < 4.78 is 6.03. The number of halogens is 1. The van der Waals surface area contributed by atoms with Crippen LogP contribution in [0.3, 0.4) is 0 Å². The summed E-state index contributed by atoms with van der Waals surface area (Å²) in [4.78, 5) is 10.9. The third kappa shape index (κ3) is 1.84. The molecule has 0 spiro atoms. The Hall–Kier alpha value is 0.200. The van der Waals surface area contributed by atoms with E-state index in [1.165, 1.54) is 0 Å². The maximum absolute atomic E-state index is 10.9. The average Bonchev–Trinajstić information content (AvgIpc) is 1.95. The minimum atomic E-state index is -0.0204. The van der Waals surface area contributed by atoms with Gasteiger partial charge in [0.15, 0.2) is 0 Å². The van der Waals surface area contributed by atoms with Crippen LogP contribution in [0.25, 0.3) is 0 Å². The van der Waals surface area contributed by atoms with E-state index < -0.39 is 0 Å². The highest BCUT2D eigenvalue weighted by Crippen LogP contribution is 2.20. The number of ether oxygens (including phenoxy) is 1. The molecule has 1 aliphatic heterocycles. The van der Waals surface area contributed by atoms with Crippen LogP contribution in [0.4, 0.5) is 0 Å². The summed E-state index contributed by atoms with van der Waals surface area (Å²) in [6, 6.07) is 0. The van der Waals surface area contributed by atoms with Gasteiger partial charge in [0.05, 0.1) is 5.92 Å². The molecule has 1 fully saturated rings. The molecule has 10 heavy (non-hydrogen) atoms. The maximum atomic E-state index is 10.9. The van der Waals surface area contributed by atoms with Crippen LogP contribution in [-0.2, 0) is 9.53 Å². The average molecular weight is 254 g/mol. The van der Waals surface area contributed by atoms with E-state index in [-0.39, 0.29) is 18.0 Å². The van der Waals surface area contributed by atoms with Crippen LogP contribution in [0.15, 0.2) is 0 Å². The first-order valence-electron chi connectivity index (χ1n) is 3.50. The van der Waals surface area contributed by atoms with Crippen molar-refractivity contribution in [1.29, 1.82) is 0 Å². The van der Waals surface area contributed by atoms with Crippen molar-refractivity contribution < 1.29 is 9.53 Å². The van der Waals surface area contributed by atoms with Gasteiger partial charge in [-0.15, -0.1) is 0 Å². The van der Waals surface area contributed by atoms with Gasteiger partial charge in [-0.3, -0.25) is 4.79 Å². The van der Waals surface area contributed by atoms with Crippen molar-refractivity contribution in [3.63, 3.8) is 0 Å². The second kappa shape index (κ2) is 3.55. The van der Waals surface area contributed by atoms with Crippen molar-refractivity contribution in [2.75, 3.05) is 4.43 Å². The van der Waals surface area contributed by atoms with E-state index in [0.717, 1.165) is 17.3 Å². The van der Waals surface area contributed by atoms with E-state index >= 15 is 0 Å². The number of carbonyl (C=O) groups excluding carboxylic acids is 1. The molecule has 0 N–H and O–H groups in total. The van der Waals surface area contributed by atoms with E-state index in [1.54, 1.807) is 0 Å². The number of esters is 1. The first-order chi connectivity index (χ1) is 4.74. The van der Waals surface area contributed by atoms with Gasteiger partial charge in [0.2, 0.25) is 0 Å². The van der Waals surface area contributed by atoms with Crippen LogP contribution in [0, 0.1) is 5.92 Å². The summed E-state index contributed by atoms with van der Waals surface area (Å²) in [5.41, 5.74) is 0.